The second-order valence-corrected chi connectivity index (χ2v) is 8.48. The van der Waals surface area contributed by atoms with Gasteiger partial charge in [-0.05, 0) is 20.8 Å². The molecule has 0 aliphatic rings. The highest BCUT2D eigenvalue weighted by molar-refractivity contribution is 8.02. The summed E-state index contributed by atoms with van der Waals surface area (Å²) < 4.78 is 0. The molecule has 0 saturated carbocycles. The van der Waals surface area contributed by atoms with E-state index in [9.17, 15) is 0 Å². The third-order valence-corrected chi connectivity index (χ3v) is 4.65. The molecule has 0 spiro atoms. The van der Waals surface area contributed by atoms with E-state index in [4.69, 9.17) is 0 Å². The molecule has 0 heterocycles. The van der Waals surface area contributed by atoms with Crippen molar-refractivity contribution in [2.75, 3.05) is 20.0 Å². The van der Waals surface area contributed by atoms with Crippen molar-refractivity contribution in [3.8, 4) is 0 Å². The van der Waals surface area contributed by atoms with Crippen molar-refractivity contribution >= 4 is 13.6 Å². The van der Waals surface area contributed by atoms with Crippen LogP contribution in [0.1, 0.15) is 0 Å². The van der Waals surface area contributed by atoms with Crippen LogP contribution in [-0.2, 0) is 0 Å². The van der Waals surface area contributed by atoms with Crippen LogP contribution in [0.3, 0.4) is 0 Å². The van der Waals surface area contributed by atoms with Gasteiger partial charge in [0.2, 0.25) is 0 Å². The van der Waals surface area contributed by atoms with Gasteiger partial charge in [-0.15, -0.1) is 0 Å². The smallest absolute Gasteiger partial charge is 0.0456 e. The molecule has 0 unspecified atom stereocenters. The van der Waals surface area contributed by atoms with Crippen molar-refractivity contribution in [1.82, 2.24) is 0 Å². The van der Waals surface area contributed by atoms with Crippen LogP contribution in [-0.4, -0.2) is 26.4 Å². The second kappa shape index (κ2) is 2.18. The molecular weight excluding hydrogens is 102 g/mol. The number of hydrogen-bond acceptors (Lipinski definition) is 0. The lowest BCUT2D eigenvalue weighted by atomic mass is 9.84. The molecule has 7 heavy (non-hydrogen) atoms. The van der Waals surface area contributed by atoms with Crippen LogP contribution in [0.25, 0.3) is 0 Å². The minimum absolute atomic E-state index is 0.488. The van der Waals surface area contributed by atoms with Gasteiger partial charge in [0.25, 0.3) is 0 Å². The van der Waals surface area contributed by atoms with Gasteiger partial charge in [0.15, 0.2) is 0 Å². The summed E-state index contributed by atoms with van der Waals surface area (Å²) >= 11 is 0. The molecule has 2 heteroatoms. The predicted molar refractivity (Wildman–Crippen MR) is 42.2 cm³/mol. The van der Waals surface area contributed by atoms with Crippen LogP contribution in [0.15, 0.2) is 0 Å². The summed E-state index contributed by atoms with van der Waals surface area (Å²) in [6.45, 7) is 11.7. The lowest BCUT2D eigenvalue weighted by Gasteiger charge is -2.11. The SMILES string of the molecule is CB(C)[P+](C)(C)C. The van der Waals surface area contributed by atoms with Gasteiger partial charge < -0.3 is 0 Å². The van der Waals surface area contributed by atoms with Crippen LogP contribution in [0.4, 0.5) is 0 Å². The molecule has 0 radical (unpaired) electrons. The van der Waals surface area contributed by atoms with Crippen molar-refractivity contribution in [1.29, 1.82) is 0 Å². The average molecular weight is 117 g/mol. The Kier molecular flexibility index (Phi) is 2.33. The maximum absolute atomic E-state index is 2.37. The van der Waals surface area contributed by atoms with Gasteiger partial charge in [-0.25, -0.2) is 0 Å². The monoisotopic (exact) mass is 117 g/mol. The van der Waals surface area contributed by atoms with Gasteiger partial charge in [0, 0.05) is 20.0 Å². The van der Waals surface area contributed by atoms with E-state index in [1.165, 1.54) is 0 Å². The molecule has 0 aliphatic heterocycles. The zero-order valence-corrected chi connectivity index (χ0v) is 6.92. The lowest BCUT2D eigenvalue weighted by Crippen LogP contribution is -2.05. The summed E-state index contributed by atoms with van der Waals surface area (Å²) in [4.78, 5) is 0. The van der Waals surface area contributed by atoms with Gasteiger partial charge in [-0.3, -0.25) is 0 Å². The van der Waals surface area contributed by atoms with Gasteiger partial charge in [-0.1, -0.05) is 0 Å². The van der Waals surface area contributed by atoms with Crippen LogP contribution in [0.2, 0.25) is 13.6 Å². The summed E-state index contributed by atoms with van der Waals surface area (Å²) in [5, 5.41) is 0. The topological polar surface area (TPSA) is 0 Å². The average Bonchev–Trinajstić information content (AvgIpc) is 1.31. The normalized spacial score (nSPS) is 11.6. The standard InChI is InChI=1S/C5H15BP/c1-6(2)7(3,4)5/h1-5H3/q+1. The predicted octanol–water partition coefficient (Wildman–Crippen LogP) is 2.14. The highest BCUT2D eigenvalue weighted by atomic mass is 31.2. The Morgan fingerprint density at radius 1 is 1.00 bits per heavy atom. The summed E-state index contributed by atoms with van der Waals surface area (Å²) in [6, 6.07) is 0. The van der Waals surface area contributed by atoms with Crippen molar-refractivity contribution in [3.63, 3.8) is 0 Å². The van der Waals surface area contributed by atoms with Crippen molar-refractivity contribution < 1.29 is 0 Å². The van der Waals surface area contributed by atoms with Gasteiger partial charge in [0.05, 0.1) is 0 Å². The fraction of sp³-hybridized carbons (Fsp3) is 1.00. The summed E-state index contributed by atoms with van der Waals surface area (Å²) in [7, 11) is -0.488. The Morgan fingerprint density at radius 2 is 1.14 bits per heavy atom. The van der Waals surface area contributed by atoms with Crippen LogP contribution in [0.5, 0.6) is 0 Å². The van der Waals surface area contributed by atoms with E-state index in [0.29, 0.717) is 0 Å². The van der Waals surface area contributed by atoms with Gasteiger partial charge in [0.1, 0.15) is 0 Å². The van der Waals surface area contributed by atoms with E-state index in [2.05, 4.69) is 33.6 Å². The van der Waals surface area contributed by atoms with E-state index in [0.717, 1.165) is 6.43 Å². The molecule has 0 aromatic rings. The molecule has 0 aromatic heterocycles. The Balaban J connectivity index is 3.54. The largest absolute Gasteiger partial charge is 0.333 e. The molecule has 0 rings (SSSR count). The van der Waals surface area contributed by atoms with E-state index < -0.39 is 7.14 Å². The lowest BCUT2D eigenvalue weighted by molar-refractivity contribution is 1.98. The first kappa shape index (κ1) is 7.49. The molecule has 0 nitrogen and oxygen atoms in total. The first-order chi connectivity index (χ1) is 2.94. The molecular formula is C5H15BP+. The molecule has 0 fully saturated rings. The maximum Gasteiger partial charge on any atom is 0.333 e. The van der Waals surface area contributed by atoms with Crippen molar-refractivity contribution in [3.05, 3.63) is 0 Å². The van der Waals surface area contributed by atoms with E-state index in [1.807, 2.05) is 0 Å². The minimum Gasteiger partial charge on any atom is -0.0456 e. The second-order valence-electron chi connectivity index (χ2n) is 3.21. The van der Waals surface area contributed by atoms with Gasteiger partial charge >= 0.3 is 6.43 Å². The Morgan fingerprint density at radius 3 is 1.14 bits per heavy atom. The molecule has 42 valence electrons. The van der Waals surface area contributed by atoms with E-state index in [-0.39, 0.29) is 0 Å². The number of rotatable bonds is 1. The van der Waals surface area contributed by atoms with Crippen molar-refractivity contribution in [2.45, 2.75) is 13.6 Å². The maximum atomic E-state index is 2.37. The fourth-order valence-corrected chi connectivity index (χ4v) is 0. The first-order valence-electron chi connectivity index (χ1n) is 2.75. The molecule has 0 atom stereocenters. The molecule has 0 aliphatic carbocycles. The van der Waals surface area contributed by atoms with Crippen LogP contribution >= 0.6 is 7.14 Å². The van der Waals surface area contributed by atoms with Crippen LogP contribution in [0, 0.1) is 0 Å². The molecule has 0 N–H and O–H groups in total. The van der Waals surface area contributed by atoms with E-state index >= 15 is 0 Å². The minimum atomic E-state index is -0.488. The summed E-state index contributed by atoms with van der Waals surface area (Å²) in [6.07, 6.45) is 0.910. The molecule has 0 saturated heterocycles. The third kappa shape index (κ3) is 3.11. The zero-order chi connectivity index (χ0) is 6.08. The van der Waals surface area contributed by atoms with Crippen molar-refractivity contribution in [2.24, 2.45) is 0 Å². The summed E-state index contributed by atoms with van der Waals surface area (Å²) in [5.41, 5.74) is 0. The Labute approximate surface area is 48.1 Å². The highest BCUT2D eigenvalue weighted by Crippen LogP contribution is 2.48. The third-order valence-electron chi connectivity index (χ3n) is 1.55. The molecule has 0 bridgehead atoms. The quantitative estimate of drug-likeness (QED) is 0.364. The fourth-order valence-electron chi connectivity index (χ4n) is 0. The van der Waals surface area contributed by atoms with Crippen LogP contribution < -0.4 is 0 Å². The number of hydrogen-bond donors (Lipinski definition) is 0. The van der Waals surface area contributed by atoms with Gasteiger partial charge in [-0.2, -0.15) is 0 Å². The zero-order valence-electron chi connectivity index (χ0n) is 6.02. The Hall–Kier alpha value is 0.495. The highest BCUT2D eigenvalue weighted by Gasteiger charge is 2.26. The molecule has 0 aromatic carbocycles. The van der Waals surface area contributed by atoms with E-state index in [1.54, 1.807) is 0 Å². The summed E-state index contributed by atoms with van der Waals surface area (Å²) in [5.74, 6) is 0. The molecule has 0 amide bonds. The first-order valence-corrected chi connectivity index (χ1v) is 5.95. The Bertz CT molecular complexity index is 53.6.